The molecule has 0 spiro atoms. The van der Waals surface area contributed by atoms with Crippen LogP contribution in [0.2, 0.25) is 0 Å². The molecule has 0 aromatic rings. The molecule has 0 saturated carbocycles. The van der Waals surface area contributed by atoms with E-state index < -0.39 is 0 Å². The van der Waals surface area contributed by atoms with Gasteiger partial charge >= 0.3 is 0 Å². The molecule has 0 aliphatic rings. The molecule has 0 aromatic carbocycles. The minimum absolute atomic E-state index is 0.989. The van der Waals surface area contributed by atoms with Gasteiger partial charge in [-0.15, -0.1) is 0 Å². The zero-order valence-corrected chi connectivity index (χ0v) is 14.5. The Kier molecular flexibility index (Phi) is 13.0. The van der Waals surface area contributed by atoms with Gasteiger partial charge in [0.15, 0.2) is 0 Å². The second kappa shape index (κ2) is 13.0. The van der Waals surface area contributed by atoms with E-state index in [2.05, 4.69) is 34.6 Å². The van der Waals surface area contributed by atoms with Crippen molar-refractivity contribution in [2.24, 2.45) is 17.8 Å². The van der Waals surface area contributed by atoms with Crippen LogP contribution in [0.25, 0.3) is 0 Å². The first kappa shape index (κ1) is 19.0. The molecule has 0 aliphatic carbocycles. The van der Waals surface area contributed by atoms with E-state index in [-0.39, 0.29) is 0 Å². The van der Waals surface area contributed by atoms with Gasteiger partial charge in [0.25, 0.3) is 0 Å². The molecule has 0 aliphatic heterocycles. The second-order valence-corrected chi connectivity index (χ2v) is 6.58. The molecule has 0 aromatic heterocycles. The fourth-order valence-corrected chi connectivity index (χ4v) is 3.34. The molecule has 2 atom stereocenters. The van der Waals surface area contributed by atoms with E-state index >= 15 is 0 Å². The first-order chi connectivity index (χ1) is 9.21. The lowest BCUT2D eigenvalue weighted by Gasteiger charge is -2.25. The molecule has 0 nitrogen and oxygen atoms in total. The highest BCUT2D eigenvalue weighted by Gasteiger charge is 2.17. The predicted octanol–water partition coefficient (Wildman–Crippen LogP) is 7.23. The van der Waals surface area contributed by atoms with Gasteiger partial charge in [0.2, 0.25) is 0 Å². The van der Waals surface area contributed by atoms with Crippen LogP contribution < -0.4 is 0 Å². The monoisotopic (exact) mass is 268 g/mol. The molecule has 0 rings (SSSR count). The molecule has 0 amide bonds. The molecule has 0 heterocycles. The van der Waals surface area contributed by atoms with Crippen molar-refractivity contribution < 1.29 is 0 Å². The lowest BCUT2D eigenvalue weighted by Crippen LogP contribution is -2.13. The summed E-state index contributed by atoms with van der Waals surface area (Å²) in [6.07, 6.45) is 15.7. The molecular weight excluding hydrogens is 228 g/mol. The highest BCUT2D eigenvalue weighted by Crippen LogP contribution is 2.30. The Balaban J connectivity index is 4.14. The molecule has 0 fully saturated rings. The third kappa shape index (κ3) is 9.52. The van der Waals surface area contributed by atoms with Crippen LogP contribution in [0.3, 0.4) is 0 Å². The Morgan fingerprint density at radius 2 is 0.895 bits per heavy atom. The van der Waals surface area contributed by atoms with Crippen molar-refractivity contribution in [3.63, 3.8) is 0 Å². The van der Waals surface area contributed by atoms with E-state index in [1.165, 1.54) is 70.6 Å². The van der Waals surface area contributed by atoms with E-state index in [9.17, 15) is 0 Å². The van der Waals surface area contributed by atoms with Crippen LogP contribution in [-0.2, 0) is 0 Å². The van der Waals surface area contributed by atoms with Gasteiger partial charge in [0.1, 0.15) is 0 Å². The fraction of sp³-hybridized carbons (Fsp3) is 1.00. The smallest absolute Gasteiger partial charge is 0.0412 e. The number of unbranched alkanes of at least 4 members (excludes halogenated alkanes) is 2. The molecule has 0 saturated heterocycles. The SMILES string of the molecule is CCCCC(CC)CC(CC)CC(CC)CCCC. The number of rotatable bonds is 13. The van der Waals surface area contributed by atoms with E-state index in [1.807, 2.05) is 0 Å². The van der Waals surface area contributed by atoms with Crippen molar-refractivity contribution in [2.45, 2.75) is 105 Å². The zero-order chi connectivity index (χ0) is 14.5. The quantitative estimate of drug-likeness (QED) is 0.330. The van der Waals surface area contributed by atoms with Crippen molar-refractivity contribution in [1.29, 1.82) is 0 Å². The van der Waals surface area contributed by atoms with Crippen molar-refractivity contribution in [1.82, 2.24) is 0 Å². The molecule has 0 bridgehead atoms. The van der Waals surface area contributed by atoms with Crippen molar-refractivity contribution >= 4 is 0 Å². The molecule has 0 heteroatoms. The zero-order valence-electron chi connectivity index (χ0n) is 14.5. The van der Waals surface area contributed by atoms with Gasteiger partial charge in [-0.3, -0.25) is 0 Å². The average molecular weight is 269 g/mol. The molecule has 19 heavy (non-hydrogen) atoms. The normalized spacial score (nSPS) is 16.3. The Morgan fingerprint density at radius 3 is 1.16 bits per heavy atom. The number of hydrogen-bond donors (Lipinski definition) is 0. The van der Waals surface area contributed by atoms with Gasteiger partial charge in [-0.1, -0.05) is 92.4 Å². The van der Waals surface area contributed by atoms with Gasteiger partial charge in [-0.2, -0.15) is 0 Å². The summed E-state index contributed by atoms with van der Waals surface area (Å²) in [6.45, 7) is 11.8. The first-order valence-corrected chi connectivity index (χ1v) is 9.21. The lowest BCUT2D eigenvalue weighted by molar-refractivity contribution is 0.265. The van der Waals surface area contributed by atoms with Gasteiger partial charge in [0.05, 0.1) is 0 Å². The van der Waals surface area contributed by atoms with Crippen LogP contribution in [0.1, 0.15) is 105 Å². The minimum Gasteiger partial charge on any atom is -0.0654 e. The predicted molar refractivity (Wildman–Crippen MR) is 89.6 cm³/mol. The van der Waals surface area contributed by atoms with Crippen LogP contribution in [0.15, 0.2) is 0 Å². The summed E-state index contributed by atoms with van der Waals surface area (Å²) in [4.78, 5) is 0. The topological polar surface area (TPSA) is 0 Å². The Hall–Kier alpha value is 0. The van der Waals surface area contributed by atoms with E-state index in [4.69, 9.17) is 0 Å². The Morgan fingerprint density at radius 1 is 0.526 bits per heavy atom. The summed E-state index contributed by atoms with van der Waals surface area (Å²) in [5.74, 6) is 2.98. The summed E-state index contributed by atoms with van der Waals surface area (Å²) >= 11 is 0. The van der Waals surface area contributed by atoms with Gasteiger partial charge in [-0.05, 0) is 30.6 Å². The molecule has 0 N–H and O–H groups in total. The highest BCUT2D eigenvalue weighted by molar-refractivity contribution is 4.69. The summed E-state index contributed by atoms with van der Waals surface area (Å²) in [5, 5.41) is 0. The lowest BCUT2D eigenvalue weighted by atomic mass is 9.80. The van der Waals surface area contributed by atoms with E-state index in [1.54, 1.807) is 0 Å². The third-order valence-electron chi connectivity index (χ3n) is 5.00. The first-order valence-electron chi connectivity index (χ1n) is 9.21. The maximum atomic E-state index is 2.41. The molecular formula is C19H40. The van der Waals surface area contributed by atoms with Crippen LogP contribution in [-0.4, -0.2) is 0 Å². The Bertz CT molecular complexity index is 155. The number of hydrogen-bond acceptors (Lipinski definition) is 0. The molecule has 2 unspecified atom stereocenters. The van der Waals surface area contributed by atoms with Crippen LogP contribution in [0, 0.1) is 17.8 Å². The van der Waals surface area contributed by atoms with E-state index in [0.717, 1.165) is 17.8 Å². The molecule has 0 radical (unpaired) electrons. The van der Waals surface area contributed by atoms with Gasteiger partial charge < -0.3 is 0 Å². The van der Waals surface area contributed by atoms with Crippen molar-refractivity contribution in [3.05, 3.63) is 0 Å². The third-order valence-corrected chi connectivity index (χ3v) is 5.00. The maximum Gasteiger partial charge on any atom is -0.0412 e. The van der Waals surface area contributed by atoms with Crippen LogP contribution in [0.5, 0.6) is 0 Å². The minimum atomic E-state index is 0.989. The Labute approximate surface area is 123 Å². The van der Waals surface area contributed by atoms with Crippen LogP contribution in [0.4, 0.5) is 0 Å². The summed E-state index contributed by atoms with van der Waals surface area (Å²) in [7, 11) is 0. The van der Waals surface area contributed by atoms with Gasteiger partial charge in [0, 0.05) is 0 Å². The van der Waals surface area contributed by atoms with Gasteiger partial charge in [-0.25, -0.2) is 0 Å². The highest BCUT2D eigenvalue weighted by atomic mass is 14.2. The second-order valence-electron chi connectivity index (χ2n) is 6.58. The summed E-state index contributed by atoms with van der Waals surface area (Å²) < 4.78 is 0. The maximum absolute atomic E-state index is 2.41. The van der Waals surface area contributed by atoms with Crippen LogP contribution >= 0.6 is 0 Å². The largest absolute Gasteiger partial charge is 0.0654 e. The molecule has 116 valence electrons. The van der Waals surface area contributed by atoms with E-state index in [0.29, 0.717) is 0 Å². The van der Waals surface area contributed by atoms with Crippen molar-refractivity contribution in [3.8, 4) is 0 Å². The average Bonchev–Trinajstić information content (AvgIpc) is 2.45. The summed E-state index contributed by atoms with van der Waals surface area (Å²) in [6, 6.07) is 0. The van der Waals surface area contributed by atoms with Crippen molar-refractivity contribution in [2.75, 3.05) is 0 Å². The standard InChI is InChI=1S/C19H40/c1-6-11-13-17(8-3)15-19(10-5)16-18(9-4)14-12-7-2/h17-19H,6-16H2,1-5H3. The summed E-state index contributed by atoms with van der Waals surface area (Å²) in [5.41, 5.74) is 0. The fourth-order valence-electron chi connectivity index (χ4n) is 3.34.